The average Bonchev–Trinajstić information content (AvgIpc) is 3.07. The van der Waals surface area contributed by atoms with Crippen LogP contribution in [-0.4, -0.2) is 40.9 Å². The van der Waals surface area contributed by atoms with Crippen molar-refractivity contribution < 1.29 is 14.6 Å². The van der Waals surface area contributed by atoms with Crippen molar-refractivity contribution in [3.05, 3.63) is 48.5 Å². The number of imidazole rings is 1. The van der Waals surface area contributed by atoms with Gasteiger partial charge in [0.05, 0.1) is 23.4 Å². The summed E-state index contributed by atoms with van der Waals surface area (Å²) < 4.78 is 25.0. The van der Waals surface area contributed by atoms with Crippen LogP contribution in [0.15, 0.2) is 43.0 Å². The smallest absolute Gasteiger partial charge is 0.251 e. The van der Waals surface area contributed by atoms with E-state index in [1.54, 1.807) is 48.4 Å². The number of hydrogen-bond acceptors (Lipinski definition) is 4. The quantitative estimate of drug-likeness (QED) is 0.927. The molecule has 1 aliphatic heterocycles. The Labute approximate surface area is 130 Å². The van der Waals surface area contributed by atoms with Crippen LogP contribution in [0.4, 0.5) is 0 Å². The molecule has 0 saturated carbocycles. The number of hydrogen-bond donors (Lipinski definition) is 1. The summed E-state index contributed by atoms with van der Waals surface area (Å²) >= 11 is 0. The van der Waals surface area contributed by atoms with Crippen LogP contribution in [0.2, 0.25) is 0 Å². The van der Waals surface area contributed by atoms with Crippen LogP contribution in [0, 0.1) is 0 Å². The van der Waals surface area contributed by atoms with E-state index in [1.807, 2.05) is 6.07 Å². The summed E-state index contributed by atoms with van der Waals surface area (Å²) in [6, 6.07) is 7.13. The van der Waals surface area contributed by atoms with Gasteiger partial charge in [-0.25, -0.2) is 13.4 Å². The molecule has 0 bridgehead atoms. The predicted octanol–water partition coefficient (Wildman–Crippen LogP) is 1.43. The highest BCUT2D eigenvalue weighted by molar-refractivity contribution is 7.91. The number of amides is 1. The number of rotatable bonds is 3. The summed E-state index contributed by atoms with van der Waals surface area (Å²) in [5, 5.41) is 2.86. The van der Waals surface area contributed by atoms with Gasteiger partial charge in [0.25, 0.3) is 5.91 Å². The number of aromatic nitrogens is 2. The Bertz CT molecular complexity index is 805. The molecule has 0 aliphatic carbocycles. The Kier molecular flexibility index (Phi) is 3.52. The summed E-state index contributed by atoms with van der Waals surface area (Å²) in [6.45, 7) is 1.77. The maximum atomic E-state index is 12.4. The molecule has 2 heterocycles. The highest BCUT2D eigenvalue weighted by Gasteiger charge is 2.39. The van der Waals surface area contributed by atoms with Crippen molar-refractivity contribution in [1.82, 2.24) is 14.9 Å². The normalized spacial score (nSPS) is 23.3. The van der Waals surface area contributed by atoms with Crippen LogP contribution >= 0.6 is 0 Å². The van der Waals surface area contributed by atoms with Crippen LogP contribution in [0.3, 0.4) is 0 Å². The lowest BCUT2D eigenvalue weighted by molar-refractivity contribution is 0.0915. The van der Waals surface area contributed by atoms with Gasteiger partial charge in [0.2, 0.25) is 0 Å². The minimum absolute atomic E-state index is 0. The lowest BCUT2D eigenvalue weighted by Crippen LogP contribution is -2.46. The van der Waals surface area contributed by atoms with Gasteiger partial charge in [-0.15, -0.1) is 0 Å². The Balaban J connectivity index is 0.00000192. The Morgan fingerprint density at radius 1 is 1.45 bits per heavy atom. The predicted molar refractivity (Wildman–Crippen MR) is 84.8 cm³/mol. The van der Waals surface area contributed by atoms with Crippen molar-refractivity contribution in [2.75, 3.05) is 11.5 Å². The molecule has 1 aliphatic rings. The van der Waals surface area contributed by atoms with Gasteiger partial charge < -0.3 is 9.88 Å². The maximum absolute atomic E-state index is 12.4. The molecule has 2 aromatic rings. The van der Waals surface area contributed by atoms with Gasteiger partial charge in [-0.1, -0.05) is 6.07 Å². The molecule has 1 aromatic heterocycles. The Morgan fingerprint density at radius 3 is 2.91 bits per heavy atom. The fourth-order valence-corrected chi connectivity index (χ4v) is 4.77. The van der Waals surface area contributed by atoms with Crippen LogP contribution < -0.4 is 5.32 Å². The molecule has 7 heteroatoms. The molecule has 118 valence electrons. The molecule has 1 N–H and O–H groups in total. The SMILES string of the molecule is CC1(NC(=O)c2cccc(-n3ccnc3)c2)CCS(=O)(=O)C1.[HH]. The minimum atomic E-state index is -3.05. The molecule has 1 fully saturated rings. The number of nitrogens with one attached hydrogen (secondary N) is 1. The average molecular weight is 321 g/mol. The first-order chi connectivity index (χ1) is 10.4. The molecule has 0 radical (unpaired) electrons. The molecule has 0 spiro atoms. The third kappa shape index (κ3) is 3.04. The summed E-state index contributed by atoms with van der Waals surface area (Å²) in [5.74, 6) is -0.146. The lowest BCUT2D eigenvalue weighted by atomic mass is 10.0. The van der Waals surface area contributed by atoms with E-state index in [2.05, 4.69) is 10.3 Å². The fourth-order valence-electron chi connectivity index (χ4n) is 2.67. The number of sulfone groups is 1. The van der Waals surface area contributed by atoms with Gasteiger partial charge in [0.1, 0.15) is 0 Å². The first-order valence-electron chi connectivity index (χ1n) is 6.98. The van der Waals surface area contributed by atoms with Crippen molar-refractivity contribution in [3.8, 4) is 5.69 Å². The minimum Gasteiger partial charge on any atom is -0.346 e. The van der Waals surface area contributed by atoms with E-state index in [4.69, 9.17) is 0 Å². The third-order valence-electron chi connectivity index (χ3n) is 3.83. The molecule has 1 aromatic carbocycles. The number of carbonyl (C=O) groups is 1. The van der Waals surface area contributed by atoms with Gasteiger partial charge in [-0.05, 0) is 31.5 Å². The molecule has 1 amide bonds. The highest BCUT2D eigenvalue weighted by Crippen LogP contribution is 2.23. The number of benzene rings is 1. The van der Waals surface area contributed by atoms with E-state index >= 15 is 0 Å². The second kappa shape index (κ2) is 5.24. The second-order valence-corrected chi connectivity index (χ2v) is 8.06. The van der Waals surface area contributed by atoms with E-state index in [9.17, 15) is 13.2 Å². The van der Waals surface area contributed by atoms with Gasteiger partial charge in [0.15, 0.2) is 9.84 Å². The first kappa shape index (κ1) is 14.8. The summed E-state index contributed by atoms with van der Waals surface area (Å²) in [4.78, 5) is 16.4. The standard InChI is InChI=1S/C15H17N3O3S.H2/c1-15(5-8-22(20,21)10-15)17-14(19)12-3-2-4-13(9-12)18-7-6-16-11-18;/h2-4,6-7,9,11H,5,8,10H2,1H3,(H,17,19);1H. The summed E-state index contributed by atoms with van der Waals surface area (Å²) in [7, 11) is -3.05. The monoisotopic (exact) mass is 321 g/mol. The molecule has 1 atom stereocenters. The molecular formula is C15H19N3O3S. The van der Waals surface area contributed by atoms with Crippen LogP contribution in [0.1, 0.15) is 25.1 Å². The van der Waals surface area contributed by atoms with Gasteiger partial charge in [-0.3, -0.25) is 4.79 Å². The van der Waals surface area contributed by atoms with Crippen molar-refractivity contribution >= 4 is 15.7 Å². The lowest BCUT2D eigenvalue weighted by Gasteiger charge is -2.24. The van der Waals surface area contributed by atoms with E-state index in [0.717, 1.165) is 5.69 Å². The third-order valence-corrected chi connectivity index (χ3v) is 5.73. The largest absolute Gasteiger partial charge is 0.346 e. The van der Waals surface area contributed by atoms with E-state index < -0.39 is 15.4 Å². The zero-order valence-electron chi connectivity index (χ0n) is 12.2. The molecule has 1 saturated heterocycles. The molecule has 1 unspecified atom stereocenters. The molecule has 22 heavy (non-hydrogen) atoms. The molecular weight excluding hydrogens is 302 g/mol. The second-order valence-electron chi connectivity index (χ2n) is 5.88. The summed E-state index contributed by atoms with van der Waals surface area (Å²) in [5.41, 5.74) is 0.632. The zero-order chi connectivity index (χ0) is 15.8. The number of carbonyl (C=O) groups excluding carboxylic acids is 1. The number of nitrogens with zero attached hydrogens (tertiary/aromatic N) is 2. The molecule has 3 rings (SSSR count). The van der Waals surface area contributed by atoms with E-state index in [0.29, 0.717) is 12.0 Å². The summed E-state index contributed by atoms with van der Waals surface area (Å²) in [6.07, 6.45) is 5.56. The van der Waals surface area contributed by atoms with Crippen molar-refractivity contribution in [3.63, 3.8) is 0 Å². The van der Waals surface area contributed by atoms with E-state index in [-0.39, 0.29) is 18.8 Å². The Morgan fingerprint density at radius 2 is 2.27 bits per heavy atom. The molecule has 6 nitrogen and oxygen atoms in total. The van der Waals surface area contributed by atoms with Crippen molar-refractivity contribution in [2.24, 2.45) is 0 Å². The topological polar surface area (TPSA) is 81.1 Å². The van der Waals surface area contributed by atoms with Crippen molar-refractivity contribution in [2.45, 2.75) is 18.9 Å². The van der Waals surface area contributed by atoms with Crippen LogP contribution in [0.5, 0.6) is 0 Å². The highest BCUT2D eigenvalue weighted by atomic mass is 32.2. The van der Waals surface area contributed by atoms with Gasteiger partial charge in [-0.2, -0.15) is 0 Å². The maximum Gasteiger partial charge on any atom is 0.251 e. The first-order valence-corrected chi connectivity index (χ1v) is 8.80. The van der Waals surface area contributed by atoms with E-state index in [1.165, 1.54) is 0 Å². The van der Waals surface area contributed by atoms with Crippen LogP contribution in [-0.2, 0) is 9.84 Å². The van der Waals surface area contributed by atoms with Gasteiger partial charge in [0, 0.05) is 25.1 Å². The zero-order valence-corrected chi connectivity index (χ0v) is 13.0. The van der Waals surface area contributed by atoms with Crippen molar-refractivity contribution in [1.29, 1.82) is 0 Å². The van der Waals surface area contributed by atoms with Gasteiger partial charge >= 0.3 is 0 Å². The van der Waals surface area contributed by atoms with Crippen LogP contribution in [0.25, 0.3) is 5.69 Å². The Hall–Kier alpha value is -2.15. The fraction of sp³-hybridized carbons (Fsp3) is 0.333.